The standard InChI is InChI=1S/C16H19FN4O/c1-19-6-5-14(22-4)16(19)13-8-11(18)15(21(13)3)12-7-10(17)9-20(12)2/h5-9H,18H2,1-4H3. The zero-order valence-corrected chi connectivity index (χ0v) is 13.1. The number of halogens is 1. The summed E-state index contributed by atoms with van der Waals surface area (Å²) >= 11 is 0. The zero-order valence-electron chi connectivity index (χ0n) is 13.1. The van der Waals surface area contributed by atoms with Crippen molar-refractivity contribution in [3.8, 4) is 28.5 Å². The van der Waals surface area contributed by atoms with Gasteiger partial charge in [0, 0.05) is 39.6 Å². The number of anilines is 1. The summed E-state index contributed by atoms with van der Waals surface area (Å²) < 4.78 is 24.6. The number of methoxy groups -OCH3 is 1. The highest BCUT2D eigenvalue weighted by Gasteiger charge is 2.20. The molecule has 0 radical (unpaired) electrons. The maximum absolute atomic E-state index is 13.5. The first-order valence-electron chi connectivity index (χ1n) is 6.91. The number of hydrogen-bond acceptors (Lipinski definition) is 2. The van der Waals surface area contributed by atoms with Crippen LogP contribution in [0.3, 0.4) is 0 Å². The van der Waals surface area contributed by atoms with Crippen molar-refractivity contribution in [3.63, 3.8) is 0 Å². The molecule has 3 aromatic rings. The number of nitrogens with zero attached hydrogens (tertiary/aromatic N) is 3. The molecule has 0 spiro atoms. The minimum atomic E-state index is -0.281. The molecule has 0 amide bonds. The second-order valence-electron chi connectivity index (χ2n) is 5.39. The van der Waals surface area contributed by atoms with Gasteiger partial charge < -0.3 is 24.2 Å². The van der Waals surface area contributed by atoms with E-state index in [9.17, 15) is 4.39 Å². The predicted molar refractivity (Wildman–Crippen MR) is 85.1 cm³/mol. The minimum Gasteiger partial charge on any atom is -0.494 e. The van der Waals surface area contributed by atoms with Crippen LogP contribution in [0.4, 0.5) is 10.1 Å². The minimum absolute atomic E-state index is 0.281. The van der Waals surface area contributed by atoms with Crippen LogP contribution >= 0.6 is 0 Å². The smallest absolute Gasteiger partial charge is 0.146 e. The SMILES string of the molecule is COc1ccn(C)c1-c1cc(N)c(-c2cc(F)cn2C)n1C. The average Bonchev–Trinajstić information content (AvgIpc) is 3.07. The highest BCUT2D eigenvalue weighted by molar-refractivity contribution is 5.80. The molecule has 3 heterocycles. The number of rotatable bonds is 3. The number of hydrogen-bond donors (Lipinski definition) is 1. The molecule has 0 aliphatic heterocycles. The van der Waals surface area contributed by atoms with E-state index in [0.29, 0.717) is 5.69 Å². The van der Waals surface area contributed by atoms with Gasteiger partial charge in [0.25, 0.3) is 0 Å². The van der Waals surface area contributed by atoms with E-state index in [1.807, 2.05) is 41.6 Å². The second kappa shape index (κ2) is 4.98. The van der Waals surface area contributed by atoms with E-state index in [1.165, 1.54) is 12.3 Å². The van der Waals surface area contributed by atoms with Crippen molar-refractivity contribution in [3.05, 3.63) is 36.4 Å². The molecule has 3 aromatic heterocycles. The van der Waals surface area contributed by atoms with Crippen LogP contribution in [0.5, 0.6) is 5.75 Å². The van der Waals surface area contributed by atoms with Gasteiger partial charge in [-0.3, -0.25) is 0 Å². The van der Waals surface area contributed by atoms with Crippen LogP contribution in [-0.2, 0) is 21.1 Å². The number of ether oxygens (including phenoxy) is 1. The third-order valence-electron chi connectivity index (χ3n) is 3.97. The van der Waals surface area contributed by atoms with Crippen LogP contribution in [0, 0.1) is 5.82 Å². The molecule has 3 rings (SSSR count). The zero-order chi connectivity index (χ0) is 16.0. The molecule has 0 unspecified atom stereocenters. The lowest BCUT2D eigenvalue weighted by Crippen LogP contribution is -2.02. The van der Waals surface area contributed by atoms with Gasteiger partial charge in [0.1, 0.15) is 17.3 Å². The molecule has 0 saturated carbocycles. The van der Waals surface area contributed by atoms with Gasteiger partial charge in [-0.2, -0.15) is 0 Å². The number of aryl methyl sites for hydroxylation is 2. The lowest BCUT2D eigenvalue weighted by Gasteiger charge is -2.11. The molecular weight excluding hydrogens is 283 g/mol. The fourth-order valence-electron chi connectivity index (χ4n) is 2.91. The van der Waals surface area contributed by atoms with Gasteiger partial charge in [0.2, 0.25) is 0 Å². The quantitative estimate of drug-likeness (QED) is 0.809. The van der Waals surface area contributed by atoms with E-state index in [2.05, 4.69) is 0 Å². The molecule has 0 aliphatic rings. The Morgan fingerprint density at radius 2 is 1.77 bits per heavy atom. The Hall–Kier alpha value is -2.63. The molecule has 116 valence electrons. The van der Waals surface area contributed by atoms with Crippen molar-refractivity contribution in [1.82, 2.24) is 13.7 Å². The number of aromatic nitrogens is 3. The lowest BCUT2D eigenvalue weighted by atomic mass is 10.2. The van der Waals surface area contributed by atoms with E-state index < -0.39 is 0 Å². The summed E-state index contributed by atoms with van der Waals surface area (Å²) in [5, 5.41) is 0. The maximum Gasteiger partial charge on any atom is 0.146 e. The van der Waals surface area contributed by atoms with Gasteiger partial charge in [-0.1, -0.05) is 0 Å². The fourth-order valence-corrected chi connectivity index (χ4v) is 2.91. The summed E-state index contributed by atoms with van der Waals surface area (Å²) in [7, 11) is 7.30. The second-order valence-corrected chi connectivity index (χ2v) is 5.39. The predicted octanol–water partition coefficient (Wildman–Crippen LogP) is 2.77. The van der Waals surface area contributed by atoms with Crippen LogP contribution in [0.1, 0.15) is 0 Å². The Labute approximate surface area is 128 Å². The summed E-state index contributed by atoms with van der Waals surface area (Å²) in [4.78, 5) is 0. The molecule has 0 fully saturated rings. The fraction of sp³-hybridized carbons (Fsp3) is 0.250. The average molecular weight is 302 g/mol. The van der Waals surface area contributed by atoms with Crippen LogP contribution in [0.15, 0.2) is 30.6 Å². The van der Waals surface area contributed by atoms with E-state index in [0.717, 1.165) is 28.5 Å². The third kappa shape index (κ3) is 1.99. The molecule has 0 aliphatic carbocycles. The summed E-state index contributed by atoms with van der Waals surface area (Å²) in [6.45, 7) is 0. The maximum atomic E-state index is 13.5. The molecule has 6 heteroatoms. The van der Waals surface area contributed by atoms with Crippen molar-refractivity contribution in [1.29, 1.82) is 0 Å². The van der Waals surface area contributed by atoms with E-state index >= 15 is 0 Å². The number of nitrogen functional groups attached to an aromatic ring is 1. The molecule has 0 aromatic carbocycles. The molecular formula is C16H19FN4O. The lowest BCUT2D eigenvalue weighted by molar-refractivity contribution is 0.416. The highest BCUT2D eigenvalue weighted by Crippen LogP contribution is 2.38. The Morgan fingerprint density at radius 3 is 2.36 bits per heavy atom. The number of nitrogens with two attached hydrogens (primary N) is 1. The molecule has 2 N–H and O–H groups in total. The van der Waals surface area contributed by atoms with Crippen LogP contribution in [-0.4, -0.2) is 20.8 Å². The first-order valence-corrected chi connectivity index (χ1v) is 6.91. The summed E-state index contributed by atoms with van der Waals surface area (Å²) in [6, 6.07) is 5.27. The molecule has 22 heavy (non-hydrogen) atoms. The van der Waals surface area contributed by atoms with Crippen molar-refractivity contribution in [2.45, 2.75) is 0 Å². The summed E-state index contributed by atoms with van der Waals surface area (Å²) in [5.41, 5.74) is 10.2. The Balaban J connectivity index is 2.23. The van der Waals surface area contributed by atoms with Crippen molar-refractivity contribution in [2.24, 2.45) is 21.1 Å². The largest absolute Gasteiger partial charge is 0.494 e. The van der Waals surface area contributed by atoms with Crippen molar-refractivity contribution in [2.75, 3.05) is 12.8 Å². The summed E-state index contributed by atoms with van der Waals surface area (Å²) in [5.74, 6) is 0.490. The first kappa shape index (κ1) is 14.3. The third-order valence-corrected chi connectivity index (χ3v) is 3.97. The van der Waals surface area contributed by atoms with Gasteiger partial charge in [0.05, 0.1) is 29.9 Å². The Bertz CT molecular complexity index is 841. The highest BCUT2D eigenvalue weighted by atomic mass is 19.1. The van der Waals surface area contributed by atoms with Crippen molar-refractivity contribution < 1.29 is 9.13 Å². The van der Waals surface area contributed by atoms with E-state index in [1.54, 1.807) is 18.7 Å². The molecule has 5 nitrogen and oxygen atoms in total. The van der Waals surface area contributed by atoms with E-state index in [-0.39, 0.29) is 5.82 Å². The van der Waals surface area contributed by atoms with Gasteiger partial charge in [-0.15, -0.1) is 0 Å². The monoisotopic (exact) mass is 302 g/mol. The van der Waals surface area contributed by atoms with Crippen LogP contribution < -0.4 is 10.5 Å². The molecule has 0 bridgehead atoms. The van der Waals surface area contributed by atoms with Gasteiger partial charge in [-0.05, 0) is 12.1 Å². The van der Waals surface area contributed by atoms with Crippen molar-refractivity contribution >= 4 is 5.69 Å². The van der Waals surface area contributed by atoms with Crippen LogP contribution in [0.25, 0.3) is 22.8 Å². The normalized spacial score (nSPS) is 11.1. The molecule has 0 saturated heterocycles. The molecule has 0 atom stereocenters. The Morgan fingerprint density at radius 1 is 1.05 bits per heavy atom. The summed E-state index contributed by atoms with van der Waals surface area (Å²) in [6.07, 6.45) is 3.36. The van der Waals surface area contributed by atoms with Gasteiger partial charge in [-0.25, -0.2) is 4.39 Å². The Kier molecular flexibility index (Phi) is 3.24. The van der Waals surface area contributed by atoms with Gasteiger partial charge >= 0.3 is 0 Å². The van der Waals surface area contributed by atoms with Crippen LogP contribution in [0.2, 0.25) is 0 Å². The van der Waals surface area contributed by atoms with Gasteiger partial charge in [0.15, 0.2) is 0 Å². The topological polar surface area (TPSA) is 50.0 Å². The van der Waals surface area contributed by atoms with E-state index in [4.69, 9.17) is 10.5 Å². The first-order chi connectivity index (χ1) is 10.4.